The molecule has 0 saturated carbocycles. The van der Waals surface area contributed by atoms with Crippen LogP contribution in [0, 0.1) is 0 Å². The first kappa shape index (κ1) is 12.4. The van der Waals surface area contributed by atoms with Crippen LogP contribution >= 0.6 is 0 Å². The number of ether oxygens (including phenoxy) is 1. The summed E-state index contributed by atoms with van der Waals surface area (Å²) in [4.78, 5) is 33.5. The topological polar surface area (TPSA) is 105 Å². The standard InChI is InChI=1S/C9H14N2O5/c1-16-9(15)6(4-12)11-8(14)5-2-3-7(13)10-5/h5-6,12H,2-4H2,1H3,(H,10,13)(H,11,14)/t5-,6-/m0/s1. The van der Waals surface area contributed by atoms with Crippen LogP contribution in [0.25, 0.3) is 0 Å². The summed E-state index contributed by atoms with van der Waals surface area (Å²) in [6, 6.07) is -1.72. The second kappa shape index (κ2) is 5.45. The largest absolute Gasteiger partial charge is 0.467 e. The molecule has 2 amide bonds. The number of aliphatic hydroxyl groups is 1. The lowest BCUT2D eigenvalue weighted by atomic mass is 10.2. The lowest BCUT2D eigenvalue weighted by Crippen LogP contribution is -2.50. The van der Waals surface area contributed by atoms with Gasteiger partial charge in [0.1, 0.15) is 6.04 Å². The van der Waals surface area contributed by atoms with Crippen molar-refractivity contribution in [3.8, 4) is 0 Å². The molecule has 0 bridgehead atoms. The molecule has 1 saturated heterocycles. The van der Waals surface area contributed by atoms with Gasteiger partial charge >= 0.3 is 5.97 Å². The van der Waals surface area contributed by atoms with Crippen molar-refractivity contribution in [1.29, 1.82) is 0 Å². The highest BCUT2D eigenvalue weighted by Crippen LogP contribution is 2.06. The van der Waals surface area contributed by atoms with E-state index >= 15 is 0 Å². The maximum atomic E-state index is 11.5. The van der Waals surface area contributed by atoms with Crippen molar-refractivity contribution in [1.82, 2.24) is 10.6 Å². The lowest BCUT2D eigenvalue weighted by Gasteiger charge is -2.16. The Hall–Kier alpha value is -1.63. The van der Waals surface area contributed by atoms with Gasteiger partial charge in [-0.1, -0.05) is 0 Å². The zero-order chi connectivity index (χ0) is 12.1. The summed E-state index contributed by atoms with van der Waals surface area (Å²) in [6.07, 6.45) is 0.685. The van der Waals surface area contributed by atoms with E-state index in [0.29, 0.717) is 12.8 Å². The van der Waals surface area contributed by atoms with Crippen molar-refractivity contribution < 1.29 is 24.2 Å². The number of esters is 1. The van der Waals surface area contributed by atoms with Gasteiger partial charge in [-0.2, -0.15) is 0 Å². The normalized spacial score (nSPS) is 21.1. The van der Waals surface area contributed by atoms with Gasteiger partial charge in [-0.05, 0) is 6.42 Å². The molecule has 0 spiro atoms. The van der Waals surface area contributed by atoms with Crippen LogP contribution in [0.3, 0.4) is 0 Å². The summed E-state index contributed by atoms with van der Waals surface area (Å²) in [5, 5.41) is 13.6. The molecule has 1 aliphatic heterocycles. The summed E-state index contributed by atoms with van der Waals surface area (Å²) in [6.45, 7) is -0.543. The van der Waals surface area contributed by atoms with Crippen molar-refractivity contribution in [3.05, 3.63) is 0 Å². The summed E-state index contributed by atoms with van der Waals surface area (Å²) < 4.78 is 4.39. The number of hydrogen-bond acceptors (Lipinski definition) is 5. The Balaban J connectivity index is 2.49. The van der Waals surface area contributed by atoms with Gasteiger partial charge in [0, 0.05) is 6.42 Å². The Kier molecular flexibility index (Phi) is 4.24. The molecule has 1 rings (SSSR count). The Labute approximate surface area is 92.1 Å². The molecule has 90 valence electrons. The van der Waals surface area contributed by atoms with Crippen LogP contribution in [0.1, 0.15) is 12.8 Å². The minimum absolute atomic E-state index is 0.196. The fourth-order valence-corrected chi connectivity index (χ4v) is 1.40. The lowest BCUT2D eigenvalue weighted by molar-refractivity contribution is -0.146. The first-order valence-electron chi connectivity index (χ1n) is 4.87. The molecule has 2 atom stereocenters. The molecule has 0 aromatic rings. The maximum absolute atomic E-state index is 11.5. The van der Waals surface area contributed by atoms with E-state index in [4.69, 9.17) is 5.11 Å². The monoisotopic (exact) mass is 230 g/mol. The van der Waals surface area contributed by atoms with Gasteiger partial charge in [0.05, 0.1) is 13.7 Å². The molecule has 1 aliphatic rings. The predicted octanol–water partition coefficient (Wildman–Crippen LogP) is -2.08. The molecule has 1 heterocycles. The van der Waals surface area contributed by atoms with E-state index < -0.39 is 30.6 Å². The van der Waals surface area contributed by atoms with E-state index in [1.807, 2.05) is 0 Å². The number of amides is 2. The minimum Gasteiger partial charge on any atom is -0.467 e. The Morgan fingerprint density at radius 3 is 2.81 bits per heavy atom. The molecule has 3 N–H and O–H groups in total. The summed E-state index contributed by atoms with van der Waals surface area (Å²) in [5.41, 5.74) is 0. The molecule has 0 unspecified atom stereocenters. The highest BCUT2D eigenvalue weighted by Gasteiger charge is 2.30. The number of methoxy groups -OCH3 is 1. The van der Waals surface area contributed by atoms with Gasteiger partial charge in [0.2, 0.25) is 11.8 Å². The smallest absolute Gasteiger partial charge is 0.330 e. The molecule has 0 radical (unpaired) electrons. The Morgan fingerprint density at radius 2 is 2.38 bits per heavy atom. The number of carbonyl (C=O) groups is 3. The van der Waals surface area contributed by atoms with Gasteiger partial charge in [0.15, 0.2) is 6.04 Å². The zero-order valence-corrected chi connectivity index (χ0v) is 8.86. The third-order valence-electron chi connectivity index (χ3n) is 2.30. The van der Waals surface area contributed by atoms with Crippen LogP contribution < -0.4 is 10.6 Å². The fraction of sp³-hybridized carbons (Fsp3) is 0.667. The summed E-state index contributed by atoms with van der Waals surface area (Å²) in [5.74, 6) is -1.41. The van der Waals surface area contributed by atoms with E-state index in [2.05, 4.69) is 15.4 Å². The van der Waals surface area contributed by atoms with Gasteiger partial charge in [-0.3, -0.25) is 9.59 Å². The van der Waals surface area contributed by atoms with Crippen LogP contribution in [0.15, 0.2) is 0 Å². The number of hydrogen-bond donors (Lipinski definition) is 3. The van der Waals surface area contributed by atoms with Crippen molar-refractivity contribution in [2.24, 2.45) is 0 Å². The van der Waals surface area contributed by atoms with Crippen molar-refractivity contribution in [3.63, 3.8) is 0 Å². The molecule has 16 heavy (non-hydrogen) atoms. The molecule has 7 heteroatoms. The highest BCUT2D eigenvalue weighted by molar-refractivity contribution is 5.93. The van der Waals surface area contributed by atoms with Crippen LogP contribution in [0.5, 0.6) is 0 Å². The van der Waals surface area contributed by atoms with E-state index in [1.165, 1.54) is 0 Å². The molecule has 7 nitrogen and oxygen atoms in total. The van der Waals surface area contributed by atoms with Gasteiger partial charge < -0.3 is 20.5 Å². The van der Waals surface area contributed by atoms with Gasteiger partial charge in [-0.15, -0.1) is 0 Å². The van der Waals surface area contributed by atoms with E-state index in [1.54, 1.807) is 0 Å². The second-order valence-electron chi connectivity index (χ2n) is 3.43. The molecule has 1 fully saturated rings. The van der Waals surface area contributed by atoms with Crippen molar-refractivity contribution in [2.75, 3.05) is 13.7 Å². The third-order valence-corrected chi connectivity index (χ3v) is 2.30. The van der Waals surface area contributed by atoms with E-state index in [9.17, 15) is 14.4 Å². The Morgan fingerprint density at radius 1 is 1.69 bits per heavy atom. The number of rotatable bonds is 4. The number of nitrogens with one attached hydrogen (secondary N) is 2. The Bertz CT molecular complexity index is 304. The van der Waals surface area contributed by atoms with Gasteiger partial charge in [0.25, 0.3) is 0 Å². The SMILES string of the molecule is COC(=O)[C@H](CO)NC(=O)[C@@H]1CCC(=O)N1. The molecular formula is C9H14N2O5. The average Bonchev–Trinajstić information content (AvgIpc) is 2.71. The third kappa shape index (κ3) is 2.93. The average molecular weight is 230 g/mol. The first-order valence-corrected chi connectivity index (χ1v) is 4.87. The molecule has 0 aromatic carbocycles. The van der Waals surface area contributed by atoms with Crippen LogP contribution in [0.4, 0.5) is 0 Å². The predicted molar refractivity (Wildman–Crippen MR) is 52.2 cm³/mol. The van der Waals surface area contributed by atoms with Crippen LogP contribution in [0.2, 0.25) is 0 Å². The summed E-state index contributed by atoms with van der Waals surface area (Å²) >= 11 is 0. The first-order chi connectivity index (χ1) is 7.58. The second-order valence-corrected chi connectivity index (χ2v) is 3.43. The quantitative estimate of drug-likeness (QED) is 0.480. The number of carbonyl (C=O) groups excluding carboxylic acids is 3. The van der Waals surface area contributed by atoms with E-state index in [-0.39, 0.29) is 5.91 Å². The van der Waals surface area contributed by atoms with Gasteiger partial charge in [-0.25, -0.2) is 4.79 Å². The molecule has 0 aliphatic carbocycles. The highest BCUT2D eigenvalue weighted by atomic mass is 16.5. The molecule has 0 aromatic heterocycles. The van der Waals surface area contributed by atoms with E-state index in [0.717, 1.165) is 7.11 Å². The maximum Gasteiger partial charge on any atom is 0.330 e. The van der Waals surface area contributed by atoms with Crippen molar-refractivity contribution >= 4 is 17.8 Å². The minimum atomic E-state index is -1.09. The fourth-order valence-electron chi connectivity index (χ4n) is 1.40. The summed E-state index contributed by atoms with van der Waals surface area (Å²) in [7, 11) is 1.16. The zero-order valence-electron chi connectivity index (χ0n) is 8.86. The van der Waals surface area contributed by atoms with Crippen molar-refractivity contribution in [2.45, 2.75) is 24.9 Å². The van der Waals surface area contributed by atoms with Crippen LogP contribution in [-0.2, 0) is 19.1 Å². The molecular weight excluding hydrogens is 216 g/mol. The van der Waals surface area contributed by atoms with Crippen LogP contribution in [-0.4, -0.2) is 48.7 Å². The number of aliphatic hydroxyl groups excluding tert-OH is 1.